The van der Waals surface area contributed by atoms with Crippen molar-refractivity contribution in [3.63, 3.8) is 0 Å². The number of nitrogens with zero attached hydrogens (tertiary/aromatic N) is 1. The molecule has 1 saturated heterocycles. The zero-order chi connectivity index (χ0) is 11.9. The molecule has 1 fully saturated rings. The number of rotatable bonds is 1. The zero-order valence-electron chi connectivity index (χ0n) is 8.95. The Morgan fingerprint density at radius 2 is 1.88 bits per heavy atom. The second kappa shape index (κ2) is 3.49. The molecule has 3 amide bonds. The number of para-hydroxylation sites is 1. The van der Waals surface area contributed by atoms with Gasteiger partial charge in [-0.25, -0.2) is 4.79 Å². The van der Waals surface area contributed by atoms with Gasteiger partial charge in [0.2, 0.25) is 0 Å². The van der Waals surface area contributed by atoms with E-state index in [9.17, 15) is 9.59 Å². The number of amides is 3. The van der Waals surface area contributed by atoms with Crippen LogP contribution in [0.2, 0.25) is 5.02 Å². The lowest BCUT2D eigenvalue weighted by molar-refractivity contribution is -0.122. The fraction of sp³-hybridized carbons (Fsp3) is 0.273. The van der Waals surface area contributed by atoms with Crippen LogP contribution in [-0.4, -0.2) is 17.5 Å². The molecule has 1 heterocycles. The van der Waals surface area contributed by atoms with Crippen LogP contribution in [0.25, 0.3) is 0 Å². The van der Waals surface area contributed by atoms with E-state index in [0.717, 1.165) is 0 Å². The molecule has 0 bridgehead atoms. The van der Waals surface area contributed by atoms with Gasteiger partial charge in [0.1, 0.15) is 5.54 Å². The molecule has 0 spiro atoms. The summed E-state index contributed by atoms with van der Waals surface area (Å²) in [6.07, 6.45) is 0. The van der Waals surface area contributed by atoms with Crippen LogP contribution in [0.1, 0.15) is 13.8 Å². The van der Waals surface area contributed by atoms with Crippen molar-refractivity contribution in [3.05, 3.63) is 29.3 Å². The quantitative estimate of drug-likeness (QED) is 0.763. The molecule has 1 aromatic rings. The second-order valence-corrected chi connectivity index (χ2v) is 4.51. The lowest BCUT2D eigenvalue weighted by Crippen LogP contribution is -2.44. The summed E-state index contributed by atoms with van der Waals surface area (Å²) in [7, 11) is 0. The molecule has 0 unspecified atom stereocenters. The summed E-state index contributed by atoms with van der Waals surface area (Å²) in [5, 5.41) is 2.72. The number of carbonyl (C=O) groups excluding carboxylic acids is 2. The van der Waals surface area contributed by atoms with Crippen molar-refractivity contribution in [3.8, 4) is 0 Å². The molecule has 0 atom stereocenters. The molecule has 0 aliphatic carbocycles. The SMILES string of the molecule is CC1(C)C(=O)NC(=O)N1c1ccccc1Cl. The van der Waals surface area contributed by atoms with E-state index in [1.54, 1.807) is 38.1 Å². The average molecular weight is 239 g/mol. The molecule has 16 heavy (non-hydrogen) atoms. The summed E-state index contributed by atoms with van der Waals surface area (Å²) < 4.78 is 0. The van der Waals surface area contributed by atoms with Gasteiger partial charge in [0, 0.05) is 0 Å². The molecule has 0 aromatic heterocycles. The molecule has 1 N–H and O–H groups in total. The lowest BCUT2D eigenvalue weighted by Gasteiger charge is -2.28. The number of anilines is 1. The highest BCUT2D eigenvalue weighted by Gasteiger charge is 2.46. The van der Waals surface area contributed by atoms with E-state index < -0.39 is 11.6 Å². The summed E-state index contributed by atoms with van der Waals surface area (Å²) in [5.74, 6) is -0.322. The van der Waals surface area contributed by atoms with E-state index in [0.29, 0.717) is 10.7 Å². The Morgan fingerprint density at radius 1 is 1.25 bits per heavy atom. The van der Waals surface area contributed by atoms with Crippen molar-refractivity contribution in [2.75, 3.05) is 4.90 Å². The van der Waals surface area contributed by atoms with Gasteiger partial charge < -0.3 is 0 Å². The first-order valence-electron chi connectivity index (χ1n) is 4.85. The Morgan fingerprint density at radius 3 is 2.38 bits per heavy atom. The molecule has 1 aromatic carbocycles. The first-order valence-corrected chi connectivity index (χ1v) is 5.22. The van der Waals surface area contributed by atoms with E-state index >= 15 is 0 Å². The van der Waals surface area contributed by atoms with E-state index in [2.05, 4.69) is 5.32 Å². The van der Waals surface area contributed by atoms with Crippen molar-refractivity contribution >= 4 is 29.2 Å². The maximum absolute atomic E-state index is 11.7. The van der Waals surface area contributed by atoms with E-state index in [1.165, 1.54) is 4.90 Å². The van der Waals surface area contributed by atoms with Gasteiger partial charge in [0.05, 0.1) is 10.7 Å². The molecule has 0 radical (unpaired) electrons. The molecule has 2 rings (SSSR count). The van der Waals surface area contributed by atoms with Crippen molar-refractivity contribution in [2.45, 2.75) is 19.4 Å². The molecule has 1 aliphatic heterocycles. The summed E-state index contributed by atoms with van der Waals surface area (Å²) in [6, 6.07) is 6.50. The maximum atomic E-state index is 11.7. The lowest BCUT2D eigenvalue weighted by atomic mass is 10.0. The summed E-state index contributed by atoms with van der Waals surface area (Å²) >= 11 is 6.01. The Balaban J connectivity index is 2.53. The number of carbonyl (C=O) groups is 2. The first-order chi connectivity index (χ1) is 7.44. The number of hydrogen-bond acceptors (Lipinski definition) is 2. The topological polar surface area (TPSA) is 49.4 Å². The fourth-order valence-electron chi connectivity index (χ4n) is 1.70. The molecule has 84 valence electrons. The predicted octanol–water partition coefficient (Wildman–Crippen LogP) is 2.17. The summed E-state index contributed by atoms with van der Waals surface area (Å²) in [4.78, 5) is 24.6. The number of halogens is 1. The van der Waals surface area contributed by atoms with Gasteiger partial charge in [-0.15, -0.1) is 0 Å². The standard InChI is InChI=1S/C11H11ClN2O2/c1-11(2)9(15)13-10(16)14(11)8-6-4-3-5-7(8)12/h3-6H,1-2H3,(H,13,15,16). The van der Waals surface area contributed by atoms with Crippen LogP contribution in [-0.2, 0) is 4.79 Å². The van der Waals surface area contributed by atoms with Crippen LogP contribution < -0.4 is 10.2 Å². The van der Waals surface area contributed by atoms with E-state index in [1.807, 2.05) is 0 Å². The van der Waals surface area contributed by atoms with Gasteiger partial charge in [0.25, 0.3) is 5.91 Å². The van der Waals surface area contributed by atoms with Crippen molar-refractivity contribution in [1.82, 2.24) is 5.32 Å². The number of benzene rings is 1. The predicted molar refractivity (Wildman–Crippen MR) is 61.5 cm³/mol. The fourth-order valence-corrected chi connectivity index (χ4v) is 1.93. The largest absolute Gasteiger partial charge is 0.329 e. The Labute approximate surface area is 98.2 Å². The molecular formula is C11H11ClN2O2. The van der Waals surface area contributed by atoms with Gasteiger partial charge in [-0.05, 0) is 26.0 Å². The molecular weight excluding hydrogens is 228 g/mol. The highest BCUT2D eigenvalue weighted by molar-refractivity contribution is 6.34. The van der Waals surface area contributed by atoms with Gasteiger partial charge in [-0.2, -0.15) is 0 Å². The maximum Gasteiger partial charge on any atom is 0.329 e. The highest BCUT2D eigenvalue weighted by atomic mass is 35.5. The second-order valence-electron chi connectivity index (χ2n) is 4.11. The summed E-state index contributed by atoms with van der Waals surface area (Å²) in [6.45, 7) is 3.35. The Bertz CT molecular complexity index is 471. The van der Waals surface area contributed by atoms with Gasteiger partial charge in [0.15, 0.2) is 0 Å². The van der Waals surface area contributed by atoms with Crippen molar-refractivity contribution in [1.29, 1.82) is 0 Å². The minimum Gasteiger partial charge on any atom is -0.278 e. The Kier molecular flexibility index (Phi) is 2.39. The van der Waals surface area contributed by atoms with Crippen molar-refractivity contribution in [2.24, 2.45) is 0 Å². The number of nitrogens with one attached hydrogen (secondary N) is 1. The van der Waals surface area contributed by atoms with Gasteiger partial charge in [-0.1, -0.05) is 23.7 Å². The van der Waals surface area contributed by atoms with Crippen LogP contribution in [0.5, 0.6) is 0 Å². The molecule has 1 aliphatic rings. The van der Waals surface area contributed by atoms with E-state index in [4.69, 9.17) is 11.6 Å². The van der Waals surface area contributed by atoms with Crippen LogP contribution in [0.15, 0.2) is 24.3 Å². The van der Waals surface area contributed by atoms with Crippen LogP contribution in [0.4, 0.5) is 10.5 Å². The number of imide groups is 1. The van der Waals surface area contributed by atoms with Crippen LogP contribution in [0.3, 0.4) is 0 Å². The third-order valence-corrected chi connectivity index (χ3v) is 2.95. The molecule has 4 nitrogen and oxygen atoms in total. The van der Waals surface area contributed by atoms with Gasteiger partial charge >= 0.3 is 6.03 Å². The Hall–Kier alpha value is -1.55. The zero-order valence-corrected chi connectivity index (χ0v) is 9.71. The van der Waals surface area contributed by atoms with E-state index in [-0.39, 0.29) is 5.91 Å². The first kappa shape index (κ1) is 11.0. The minimum absolute atomic E-state index is 0.322. The average Bonchev–Trinajstić information content (AvgIpc) is 2.39. The molecule has 5 heteroatoms. The highest BCUT2D eigenvalue weighted by Crippen LogP contribution is 2.33. The van der Waals surface area contributed by atoms with Crippen LogP contribution >= 0.6 is 11.6 Å². The number of hydrogen-bond donors (Lipinski definition) is 1. The number of urea groups is 1. The van der Waals surface area contributed by atoms with Gasteiger partial charge in [-0.3, -0.25) is 15.0 Å². The summed E-state index contributed by atoms with van der Waals surface area (Å²) in [5.41, 5.74) is -0.375. The molecule has 0 saturated carbocycles. The van der Waals surface area contributed by atoms with Crippen molar-refractivity contribution < 1.29 is 9.59 Å². The third kappa shape index (κ3) is 1.46. The smallest absolute Gasteiger partial charge is 0.278 e. The van der Waals surface area contributed by atoms with Crippen LogP contribution in [0, 0.1) is 0 Å². The monoisotopic (exact) mass is 238 g/mol. The third-order valence-electron chi connectivity index (χ3n) is 2.63. The normalized spacial score (nSPS) is 18.8. The minimum atomic E-state index is -0.915.